The Hall–Kier alpha value is -3.19. The van der Waals surface area contributed by atoms with Gasteiger partial charge < -0.3 is 19.9 Å². The molecule has 2 aromatic rings. The van der Waals surface area contributed by atoms with E-state index in [1.807, 2.05) is 37.3 Å². The zero-order valence-electron chi connectivity index (χ0n) is 16.3. The Labute approximate surface area is 174 Å². The number of aliphatic imine (C=N–C) groups is 1. The maximum Gasteiger partial charge on any atom is 0.264 e. The minimum atomic E-state index is -0.224. The van der Waals surface area contributed by atoms with Crippen molar-refractivity contribution >= 4 is 34.6 Å². The van der Waals surface area contributed by atoms with Gasteiger partial charge in [0.1, 0.15) is 5.75 Å². The molecule has 0 aromatic heterocycles. The maximum absolute atomic E-state index is 12.4. The summed E-state index contributed by atoms with van der Waals surface area (Å²) in [6.45, 7) is 5.99. The predicted molar refractivity (Wildman–Crippen MR) is 117 cm³/mol. The van der Waals surface area contributed by atoms with Crippen molar-refractivity contribution in [2.24, 2.45) is 4.99 Å². The highest BCUT2D eigenvalue weighted by atomic mass is 32.2. The Morgan fingerprint density at radius 3 is 2.69 bits per heavy atom. The lowest BCUT2D eigenvalue weighted by atomic mass is 10.1. The molecule has 29 heavy (non-hydrogen) atoms. The third-order valence-corrected chi connectivity index (χ3v) is 5.00. The van der Waals surface area contributed by atoms with Crippen LogP contribution in [0, 0.1) is 0 Å². The highest BCUT2D eigenvalue weighted by molar-refractivity contribution is 8.18. The normalized spacial score (nSPS) is 16.1. The molecule has 0 unspecified atom stereocenters. The Morgan fingerprint density at radius 1 is 1.28 bits per heavy atom. The lowest BCUT2D eigenvalue weighted by molar-refractivity contribution is -0.115. The van der Waals surface area contributed by atoms with Crippen LogP contribution in [0.4, 0.5) is 5.69 Å². The summed E-state index contributed by atoms with van der Waals surface area (Å²) >= 11 is 1.26. The van der Waals surface area contributed by atoms with Crippen LogP contribution in [0.25, 0.3) is 6.08 Å². The summed E-state index contributed by atoms with van der Waals surface area (Å²) in [5.74, 6) is 0.998. The summed E-state index contributed by atoms with van der Waals surface area (Å²) in [5, 5.41) is 13.6. The van der Waals surface area contributed by atoms with E-state index in [-0.39, 0.29) is 11.7 Å². The van der Waals surface area contributed by atoms with E-state index in [9.17, 15) is 9.90 Å². The van der Waals surface area contributed by atoms with Crippen LogP contribution in [0.3, 0.4) is 0 Å². The number of benzene rings is 2. The molecule has 1 amide bonds. The molecular weight excluding hydrogens is 388 g/mol. The van der Waals surface area contributed by atoms with E-state index in [2.05, 4.69) is 16.9 Å². The topological polar surface area (TPSA) is 80.2 Å². The van der Waals surface area contributed by atoms with E-state index in [0.717, 1.165) is 11.3 Å². The first kappa shape index (κ1) is 20.5. The van der Waals surface area contributed by atoms with E-state index in [0.29, 0.717) is 40.1 Å². The number of nitrogens with one attached hydrogen (secondary N) is 1. The van der Waals surface area contributed by atoms with Gasteiger partial charge in [0.15, 0.2) is 16.7 Å². The van der Waals surface area contributed by atoms with E-state index in [4.69, 9.17) is 9.47 Å². The van der Waals surface area contributed by atoms with Gasteiger partial charge in [0.05, 0.1) is 24.3 Å². The van der Waals surface area contributed by atoms with Crippen molar-refractivity contribution in [3.05, 3.63) is 65.1 Å². The number of hydrogen-bond acceptors (Lipinski definition) is 6. The molecule has 1 fully saturated rings. The Bertz CT molecular complexity index is 981. The summed E-state index contributed by atoms with van der Waals surface area (Å²) in [6.07, 6.45) is 3.95. The molecule has 1 aliphatic rings. The van der Waals surface area contributed by atoms with Crippen molar-refractivity contribution in [3.8, 4) is 17.2 Å². The first-order valence-electron chi connectivity index (χ1n) is 9.07. The molecule has 1 aliphatic heterocycles. The van der Waals surface area contributed by atoms with Crippen molar-refractivity contribution in [1.82, 2.24) is 5.32 Å². The smallest absolute Gasteiger partial charge is 0.264 e. The number of nitrogens with zero attached hydrogens (tertiary/aromatic N) is 1. The molecule has 1 heterocycles. The number of ether oxygens (including phenoxy) is 2. The summed E-state index contributed by atoms with van der Waals surface area (Å²) in [6, 6.07) is 10.8. The zero-order valence-corrected chi connectivity index (χ0v) is 17.1. The van der Waals surface area contributed by atoms with Gasteiger partial charge in [-0.05, 0) is 73.1 Å². The van der Waals surface area contributed by atoms with Gasteiger partial charge in [0.2, 0.25) is 0 Å². The predicted octanol–water partition coefficient (Wildman–Crippen LogP) is 4.42. The number of phenolic OH excluding ortho intramolecular Hbond substituents is 1. The van der Waals surface area contributed by atoms with Gasteiger partial charge >= 0.3 is 0 Å². The average molecular weight is 410 g/mol. The third-order valence-electron chi connectivity index (χ3n) is 4.09. The summed E-state index contributed by atoms with van der Waals surface area (Å²) < 4.78 is 10.7. The molecule has 0 spiro atoms. The molecule has 0 saturated carbocycles. The van der Waals surface area contributed by atoms with Gasteiger partial charge in [-0.2, -0.15) is 0 Å². The fourth-order valence-corrected chi connectivity index (χ4v) is 3.60. The van der Waals surface area contributed by atoms with Crippen LogP contribution in [-0.2, 0) is 11.2 Å². The number of allylic oxidation sites excluding steroid dienone is 1. The summed E-state index contributed by atoms with van der Waals surface area (Å²) in [4.78, 5) is 17.3. The molecular formula is C22H22N2O4S. The van der Waals surface area contributed by atoms with E-state index < -0.39 is 0 Å². The molecule has 1 saturated heterocycles. The van der Waals surface area contributed by atoms with E-state index in [1.165, 1.54) is 11.8 Å². The van der Waals surface area contributed by atoms with Crippen molar-refractivity contribution in [1.29, 1.82) is 0 Å². The number of hydrogen-bond donors (Lipinski definition) is 2. The molecule has 2 aromatic carbocycles. The summed E-state index contributed by atoms with van der Waals surface area (Å²) in [7, 11) is 1.60. The van der Waals surface area contributed by atoms with Gasteiger partial charge in [0, 0.05) is 5.56 Å². The average Bonchev–Trinajstić information content (AvgIpc) is 3.05. The highest BCUT2D eigenvalue weighted by Gasteiger charge is 2.24. The Kier molecular flexibility index (Phi) is 6.61. The van der Waals surface area contributed by atoms with Crippen molar-refractivity contribution < 1.29 is 19.4 Å². The maximum atomic E-state index is 12.4. The van der Waals surface area contributed by atoms with Crippen LogP contribution in [0.1, 0.15) is 18.1 Å². The quantitative estimate of drug-likeness (QED) is 0.522. The van der Waals surface area contributed by atoms with Gasteiger partial charge in [0.25, 0.3) is 5.91 Å². The largest absolute Gasteiger partial charge is 0.504 e. The first-order valence-corrected chi connectivity index (χ1v) is 9.89. The Balaban J connectivity index is 1.87. The number of amides is 1. The second-order valence-corrected chi connectivity index (χ2v) is 7.16. The third kappa shape index (κ3) is 5.00. The number of phenols is 1. The monoisotopic (exact) mass is 410 g/mol. The minimum absolute atomic E-state index is 0.0965. The van der Waals surface area contributed by atoms with Gasteiger partial charge in [-0.3, -0.25) is 4.79 Å². The van der Waals surface area contributed by atoms with Crippen LogP contribution >= 0.6 is 11.8 Å². The molecule has 2 N–H and O–H groups in total. The summed E-state index contributed by atoms with van der Waals surface area (Å²) in [5.41, 5.74) is 2.16. The number of carbonyl (C=O) groups excluding carboxylic acids is 1. The van der Waals surface area contributed by atoms with Gasteiger partial charge in [-0.25, -0.2) is 4.99 Å². The number of rotatable bonds is 7. The molecule has 150 valence electrons. The van der Waals surface area contributed by atoms with E-state index in [1.54, 1.807) is 25.3 Å². The zero-order chi connectivity index (χ0) is 20.8. The van der Waals surface area contributed by atoms with Crippen LogP contribution in [0.15, 0.2) is 59.0 Å². The molecule has 0 radical (unpaired) electrons. The standard InChI is InChI=1S/C22H22N2O4S/c1-4-6-15-11-14(12-18(20(15)25)28-5-2)13-19-21(26)24-22(29-19)23-16-7-9-17(27-3)10-8-16/h4,7-13,25H,1,5-6H2,2-3H3,(H,23,24,26)/b19-13+. The number of methoxy groups -OCH3 is 1. The van der Waals surface area contributed by atoms with Crippen LogP contribution in [0.2, 0.25) is 0 Å². The molecule has 6 nitrogen and oxygen atoms in total. The molecule has 3 rings (SSSR count). The number of aromatic hydroxyl groups is 1. The highest BCUT2D eigenvalue weighted by Crippen LogP contribution is 2.35. The molecule has 0 atom stereocenters. The number of carbonyl (C=O) groups is 1. The lowest BCUT2D eigenvalue weighted by Crippen LogP contribution is -2.19. The van der Waals surface area contributed by atoms with Crippen molar-refractivity contribution in [2.75, 3.05) is 13.7 Å². The van der Waals surface area contributed by atoms with Gasteiger partial charge in [-0.15, -0.1) is 6.58 Å². The van der Waals surface area contributed by atoms with Crippen LogP contribution in [-0.4, -0.2) is 29.9 Å². The fourth-order valence-electron chi connectivity index (χ4n) is 2.76. The number of thioether (sulfide) groups is 1. The van der Waals surface area contributed by atoms with E-state index >= 15 is 0 Å². The van der Waals surface area contributed by atoms with Crippen LogP contribution in [0.5, 0.6) is 17.2 Å². The second kappa shape index (κ2) is 9.34. The lowest BCUT2D eigenvalue weighted by Gasteiger charge is -2.11. The first-order chi connectivity index (χ1) is 14.0. The fraction of sp³-hybridized carbons (Fsp3) is 0.182. The van der Waals surface area contributed by atoms with Crippen molar-refractivity contribution in [3.63, 3.8) is 0 Å². The van der Waals surface area contributed by atoms with Crippen molar-refractivity contribution in [2.45, 2.75) is 13.3 Å². The van der Waals surface area contributed by atoms with Gasteiger partial charge in [-0.1, -0.05) is 6.08 Å². The molecule has 0 bridgehead atoms. The molecule has 7 heteroatoms. The Morgan fingerprint density at radius 2 is 2.03 bits per heavy atom. The SMILES string of the molecule is C=CCc1cc(/C=C2/SC(=Nc3ccc(OC)cc3)NC2=O)cc(OCC)c1O. The molecule has 0 aliphatic carbocycles. The van der Waals surface area contributed by atoms with Crippen LogP contribution < -0.4 is 14.8 Å². The number of amidine groups is 1. The minimum Gasteiger partial charge on any atom is -0.504 e. The second-order valence-electron chi connectivity index (χ2n) is 6.13.